The predicted octanol–water partition coefficient (Wildman–Crippen LogP) is 4.13. The van der Waals surface area contributed by atoms with Crippen molar-refractivity contribution in [3.05, 3.63) is 38.5 Å². The number of hydrogen-bond donors (Lipinski definition) is 1. The van der Waals surface area contributed by atoms with Crippen LogP contribution >= 0.6 is 22.7 Å². The molecular weight excluding hydrogens is 364 g/mol. The highest BCUT2D eigenvalue weighted by atomic mass is 32.1. The van der Waals surface area contributed by atoms with Gasteiger partial charge in [-0.1, -0.05) is 13.0 Å². The molecular formula is C19H28N4OS2. The van der Waals surface area contributed by atoms with Gasteiger partial charge in [0.1, 0.15) is 0 Å². The third kappa shape index (κ3) is 5.05. The lowest BCUT2D eigenvalue weighted by Gasteiger charge is -2.36. The number of amides is 2. The van der Waals surface area contributed by atoms with Gasteiger partial charge in [-0.3, -0.25) is 4.90 Å². The molecule has 0 spiro atoms. The zero-order valence-electron chi connectivity index (χ0n) is 15.8. The second kappa shape index (κ2) is 8.97. The summed E-state index contributed by atoms with van der Waals surface area (Å²) in [5.41, 5.74) is 0.949. The Kier molecular flexibility index (Phi) is 6.67. The molecule has 1 unspecified atom stereocenters. The molecule has 3 rings (SSSR count). The number of urea groups is 1. The number of nitrogens with zero attached hydrogens (tertiary/aromatic N) is 3. The van der Waals surface area contributed by atoms with Crippen LogP contribution in [0.1, 0.15) is 41.4 Å². The number of carbonyl (C=O) groups is 1. The molecule has 1 saturated heterocycles. The Morgan fingerprint density at radius 3 is 2.81 bits per heavy atom. The Bertz CT molecular complexity index is 692. The van der Waals surface area contributed by atoms with Crippen LogP contribution < -0.4 is 5.32 Å². The Balaban J connectivity index is 1.57. The van der Waals surface area contributed by atoms with Crippen molar-refractivity contribution in [2.75, 3.05) is 26.7 Å². The smallest absolute Gasteiger partial charge is 0.317 e. The lowest BCUT2D eigenvalue weighted by Crippen LogP contribution is -2.44. The van der Waals surface area contributed by atoms with Crippen LogP contribution in [0.4, 0.5) is 4.79 Å². The molecule has 2 amide bonds. The number of carbonyl (C=O) groups excluding carboxylic acids is 1. The first-order chi connectivity index (χ1) is 12.5. The first-order valence-corrected chi connectivity index (χ1v) is 11.0. The van der Waals surface area contributed by atoms with Crippen LogP contribution in [-0.4, -0.2) is 47.5 Å². The molecule has 26 heavy (non-hydrogen) atoms. The summed E-state index contributed by atoms with van der Waals surface area (Å²) in [6.45, 7) is 7.71. The number of thiophene rings is 1. The zero-order chi connectivity index (χ0) is 18.5. The van der Waals surface area contributed by atoms with Gasteiger partial charge in [0, 0.05) is 23.8 Å². The van der Waals surface area contributed by atoms with Crippen LogP contribution in [0, 0.1) is 12.8 Å². The van der Waals surface area contributed by atoms with Gasteiger partial charge in [-0.05, 0) is 50.2 Å². The number of thiazole rings is 1. The van der Waals surface area contributed by atoms with E-state index in [1.165, 1.54) is 17.7 Å². The Morgan fingerprint density at radius 2 is 2.19 bits per heavy atom. The summed E-state index contributed by atoms with van der Waals surface area (Å²) in [4.78, 5) is 22.5. The van der Waals surface area contributed by atoms with Crippen LogP contribution in [0.25, 0.3) is 0 Å². The summed E-state index contributed by atoms with van der Waals surface area (Å²) in [6.07, 6.45) is 2.47. The zero-order valence-corrected chi connectivity index (χ0v) is 17.4. The molecule has 0 aliphatic carbocycles. The maximum absolute atomic E-state index is 12.5. The van der Waals surface area contributed by atoms with E-state index < -0.39 is 0 Å². The van der Waals surface area contributed by atoms with Crippen molar-refractivity contribution in [1.29, 1.82) is 0 Å². The first-order valence-electron chi connectivity index (χ1n) is 9.20. The summed E-state index contributed by atoms with van der Waals surface area (Å²) >= 11 is 3.39. The molecule has 0 aromatic carbocycles. The van der Waals surface area contributed by atoms with Gasteiger partial charge in [0.25, 0.3) is 0 Å². The normalized spacial score (nSPS) is 17.2. The number of hydrogen-bond acceptors (Lipinski definition) is 5. The fourth-order valence-electron chi connectivity index (χ4n) is 3.35. The van der Waals surface area contributed by atoms with Gasteiger partial charge in [-0.15, -0.1) is 22.7 Å². The van der Waals surface area contributed by atoms with Gasteiger partial charge in [-0.25, -0.2) is 9.78 Å². The number of piperidine rings is 1. The third-order valence-electron chi connectivity index (χ3n) is 4.99. The molecule has 7 heteroatoms. The standard InChI is InChI=1S/C19H28N4OS2/c1-14-6-8-23(9-7-14)17(18-5-4-10-25-18)11-20-19(24)22(3)12-16-13-26-15(2)21-16/h4-5,10,13-14,17H,6-9,11-12H2,1-3H3,(H,20,24). The van der Waals surface area contributed by atoms with Gasteiger partial charge in [-0.2, -0.15) is 0 Å². The maximum Gasteiger partial charge on any atom is 0.317 e. The topological polar surface area (TPSA) is 48.5 Å². The summed E-state index contributed by atoms with van der Waals surface area (Å²) < 4.78 is 0. The minimum Gasteiger partial charge on any atom is -0.336 e. The molecule has 5 nitrogen and oxygen atoms in total. The van der Waals surface area contributed by atoms with Gasteiger partial charge >= 0.3 is 6.03 Å². The van der Waals surface area contributed by atoms with Crippen molar-refractivity contribution in [3.63, 3.8) is 0 Å². The third-order valence-corrected chi connectivity index (χ3v) is 6.79. The van der Waals surface area contributed by atoms with Crippen LogP contribution in [0.3, 0.4) is 0 Å². The van der Waals surface area contributed by atoms with Crippen molar-refractivity contribution in [2.45, 2.75) is 39.3 Å². The maximum atomic E-state index is 12.5. The Morgan fingerprint density at radius 1 is 1.42 bits per heavy atom. The summed E-state index contributed by atoms with van der Waals surface area (Å²) in [5.74, 6) is 0.803. The minimum absolute atomic E-state index is 0.0393. The molecule has 1 fully saturated rings. The molecule has 2 aromatic heterocycles. The summed E-state index contributed by atoms with van der Waals surface area (Å²) in [6, 6.07) is 4.50. The summed E-state index contributed by atoms with van der Waals surface area (Å²) in [5, 5.41) is 8.30. The highest BCUT2D eigenvalue weighted by molar-refractivity contribution is 7.10. The fourth-order valence-corrected chi connectivity index (χ4v) is 4.81. The van der Waals surface area contributed by atoms with E-state index in [9.17, 15) is 4.79 Å². The second-order valence-electron chi connectivity index (χ2n) is 7.15. The molecule has 0 bridgehead atoms. The van der Waals surface area contributed by atoms with Crippen molar-refractivity contribution in [2.24, 2.45) is 5.92 Å². The monoisotopic (exact) mass is 392 g/mol. The van der Waals surface area contributed by atoms with E-state index in [0.29, 0.717) is 13.1 Å². The molecule has 0 saturated carbocycles. The van der Waals surface area contributed by atoms with Crippen molar-refractivity contribution >= 4 is 28.7 Å². The highest BCUT2D eigenvalue weighted by Gasteiger charge is 2.26. The number of aromatic nitrogens is 1. The molecule has 1 atom stereocenters. The largest absolute Gasteiger partial charge is 0.336 e. The second-order valence-corrected chi connectivity index (χ2v) is 9.19. The number of rotatable bonds is 6. The molecule has 1 N–H and O–H groups in total. The molecule has 2 aromatic rings. The minimum atomic E-state index is -0.0393. The van der Waals surface area contributed by atoms with Gasteiger partial charge in [0.15, 0.2) is 0 Å². The van der Waals surface area contributed by atoms with Gasteiger partial charge in [0.2, 0.25) is 0 Å². The molecule has 0 radical (unpaired) electrons. The van der Waals surface area contributed by atoms with E-state index in [-0.39, 0.29) is 12.1 Å². The number of nitrogens with one attached hydrogen (secondary N) is 1. The van der Waals surface area contributed by atoms with Crippen LogP contribution in [0.5, 0.6) is 0 Å². The van der Waals surface area contributed by atoms with E-state index in [0.717, 1.165) is 29.7 Å². The Labute approximate surface area is 164 Å². The quantitative estimate of drug-likeness (QED) is 0.804. The van der Waals surface area contributed by atoms with Crippen molar-refractivity contribution in [1.82, 2.24) is 20.1 Å². The highest BCUT2D eigenvalue weighted by Crippen LogP contribution is 2.29. The average molecular weight is 393 g/mol. The SMILES string of the molecule is Cc1nc(CN(C)C(=O)NCC(c2cccs2)N2CCC(C)CC2)cs1. The number of likely N-dealkylation sites (tertiary alicyclic amines) is 1. The van der Waals surface area contributed by atoms with Gasteiger partial charge < -0.3 is 10.2 Å². The average Bonchev–Trinajstić information content (AvgIpc) is 3.28. The van der Waals surface area contributed by atoms with Crippen LogP contribution in [-0.2, 0) is 6.54 Å². The predicted molar refractivity (Wildman–Crippen MR) is 109 cm³/mol. The van der Waals surface area contributed by atoms with Gasteiger partial charge in [0.05, 0.1) is 23.3 Å². The number of aryl methyl sites for hydroxylation is 1. The van der Waals surface area contributed by atoms with Crippen LogP contribution in [0.2, 0.25) is 0 Å². The van der Waals surface area contributed by atoms with E-state index in [1.807, 2.05) is 19.4 Å². The molecule has 3 heterocycles. The van der Waals surface area contributed by atoms with E-state index in [2.05, 4.69) is 39.6 Å². The Hall–Kier alpha value is -1.44. The van der Waals surface area contributed by atoms with Crippen LogP contribution in [0.15, 0.2) is 22.9 Å². The lowest BCUT2D eigenvalue weighted by molar-refractivity contribution is 0.135. The van der Waals surface area contributed by atoms with Crippen molar-refractivity contribution < 1.29 is 4.79 Å². The molecule has 142 valence electrons. The van der Waals surface area contributed by atoms with E-state index >= 15 is 0 Å². The van der Waals surface area contributed by atoms with E-state index in [4.69, 9.17) is 0 Å². The summed E-state index contributed by atoms with van der Waals surface area (Å²) in [7, 11) is 1.83. The first kappa shape index (κ1) is 19.3. The molecule has 1 aliphatic heterocycles. The lowest BCUT2D eigenvalue weighted by atomic mass is 9.97. The fraction of sp³-hybridized carbons (Fsp3) is 0.579. The van der Waals surface area contributed by atoms with Crippen molar-refractivity contribution in [3.8, 4) is 0 Å². The molecule has 1 aliphatic rings. The van der Waals surface area contributed by atoms with E-state index in [1.54, 1.807) is 27.6 Å².